The van der Waals surface area contributed by atoms with E-state index in [-0.39, 0.29) is 0 Å². The molecule has 1 aromatic heterocycles. The van der Waals surface area contributed by atoms with Gasteiger partial charge >= 0.3 is 0 Å². The van der Waals surface area contributed by atoms with Crippen molar-refractivity contribution in [1.29, 1.82) is 0 Å². The maximum atomic E-state index is 6.43. The van der Waals surface area contributed by atoms with Gasteiger partial charge in [0.2, 0.25) is 0 Å². The van der Waals surface area contributed by atoms with Crippen molar-refractivity contribution in [3.63, 3.8) is 0 Å². The van der Waals surface area contributed by atoms with E-state index < -0.39 is 0 Å². The van der Waals surface area contributed by atoms with Gasteiger partial charge in [0.1, 0.15) is 11.2 Å². The summed E-state index contributed by atoms with van der Waals surface area (Å²) in [6, 6.07) is 89.0. The molecule has 10 aromatic carbocycles. The van der Waals surface area contributed by atoms with Gasteiger partial charge in [0.25, 0.3) is 0 Å². The lowest BCUT2D eigenvalue weighted by molar-refractivity contribution is 0.670. The number of para-hydroxylation sites is 2. The quantitative estimate of drug-likeness (QED) is 0.145. The van der Waals surface area contributed by atoms with E-state index in [0.717, 1.165) is 55.7 Å². The van der Waals surface area contributed by atoms with Crippen LogP contribution in [0, 0.1) is 0 Å². The second-order valence-corrected chi connectivity index (χ2v) is 15.7. The molecule has 62 heavy (non-hydrogen) atoms. The average Bonchev–Trinajstić information content (AvgIpc) is 3.75. The van der Waals surface area contributed by atoms with E-state index in [1.807, 2.05) is 12.1 Å². The van der Waals surface area contributed by atoms with Crippen LogP contribution in [0.1, 0.15) is 0 Å². The van der Waals surface area contributed by atoms with Crippen molar-refractivity contribution in [2.45, 2.75) is 0 Å². The highest BCUT2D eigenvalue weighted by Gasteiger charge is 2.17. The first-order valence-electron chi connectivity index (χ1n) is 21.2. The number of hydrogen-bond acceptors (Lipinski definition) is 2. The highest BCUT2D eigenvalue weighted by atomic mass is 16.3. The predicted octanol–water partition coefficient (Wildman–Crippen LogP) is 17.1. The summed E-state index contributed by atoms with van der Waals surface area (Å²) in [5.74, 6) is 0. The summed E-state index contributed by atoms with van der Waals surface area (Å²) in [5, 5.41) is 2.26. The number of benzene rings is 10. The van der Waals surface area contributed by atoms with Crippen molar-refractivity contribution in [3.8, 4) is 66.8 Å². The molecule has 292 valence electrons. The zero-order valence-corrected chi connectivity index (χ0v) is 34.0. The third-order valence-electron chi connectivity index (χ3n) is 11.9. The number of hydrogen-bond donors (Lipinski definition) is 0. The largest absolute Gasteiger partial charge is 0.455 e. The van der Waals surface area contributed by atoms with Crippen LogP contribution in [0.15, 0.2) is 253 Å². The second kappa shape index (κ2) is 16.1. The molecule has 0 radical (unpaired) electrons. The molecule has 0 spiro atoms. The summed E-state index contributed by atoms with van der Waals surface area (Å²) in [6.45, 7) is 0. The van der Waals surface area contributed by atoms with Gasteiger partial charge in [-0.15, -0.1) is 0 Å². The van der Waals surface area contributed by atoms with Gasteiger partial charge in [0.05, 0.1) is 0 Å². The molecule has 0 aliphatic carbocycles. The Morgan fingerprint density at radius 2 is 0.581 bits per heavy atom. The molecular formula is C60H41NO. The fourth-order valence-electron chi connectivity index (χ4n) is 8.69. The molecule has 0 fully saturated rings. The number of anilines is 3. The van der Waals surface area contributed by atoms with Gasteiger partial charge in [-0.1, -0.05) is 188 Å². The Bertz CT molecular complexity index is 3220. The van der Waals surface area contributed by atoms with Gasteiger partial charge in [0.15, 0.2) is 0 Å². The van der Waals surface area contributed by atoms with Gasteiger partial charge < -0.3 is 9.32 Å². The van der Waals surface area contributed by atoms with Crippen LogP contribution < -0.4 is 4.90 Å². The Morgan fingerprint density at radius 3 is 1.05 bits per heavy atom. The number of fused-ring (bicyclic) bond motifs is 3. The fraction of sp³-hybridized carbons (Fsp3) is 0. The summed E-state index contributed by atoms with van der Waals surface area (Å²) in [4.78, 5) is 2.34. The Balaban J connectivity index is 0.970. The van der Waals surface area contributed by atoms with Crippen LogP contribution in [0.25, 0.3) is 88.7 Å². The van der Waals surface area contributed by atoms with E-state index >= 15 is 0 Å². The van der Waals surface area contributed by atoms with Gasteiger partial charge in [-0.05, 0) is 122 Å². The number of rotatable bonds is 9. The minimum absolute atomic E-state index is 0.903. The van der Waals surface area contributed by atoms with Crippen LogP contribution in [0.5, 0.6) is 0 Å². The molecule has 0 aliphatic rings. The van der Waals surface area contributed by atoms with Crippen LogP contribution in [-0.4, -0.2) is 0 Å². The zero-order valence-electron chi connectivity index (χ0n) is 34.0. The van der Waals surface area contributed by atoms with Gasteiger partial charge in [-0.2, -0.15) is 0 Å². The molecule has 11 rings (SSSR count). The number of furan rings is 1. The van der Waals surface area contributed by atoms with Crippen molar-refractivity contribution < 1.29 is 4.42 Å². The molecule has 0 N–H and O–H groups in total. The minimum Gasteiger partial charge on any atom is -0.455 e. The lowest BCUT2D eigenvalue weighted by Gasteiger charge is -2.26. The van der Waals surface area contributed by atoms with Crippen molar-refractivity contribution in [2.24, 2.45) is 0 Å². The normalized spacial score (nSPS) is 11.2. The third kappa shape index (κ3) is 7.14. The maximum Gasteiger partial charge on any atom is 0.143 e. The van der Waals surface area contributed by atoms with Crippen LogP contribution in [0.3, 0.4) is 0 Å². The number of nitrogens with zero attached hydrogens (tertiary/aromatic N) is 1. The molecule has 0 unspecified atom stereocenters. The second-order valence-electron chi connectivity index (χ2n) is 15.7. The Labute approximate surface area is 362 Å². The van der Waals surface area contributed by atoms with E-state index in [9.17, 15) is 0 Å². The van der Waals surface area contributed by atoms with Crippen molar-refractivity contribution in [2.75, 3.05) is 4.90 Å². The minimum atomic E-state index is 0.903. The van der Waals surface area contributed by atoms with Gasteiger partial charge in [-0.25, -0.2) is 0 Å². The first-order chi connectivity index (χ1) is 30.7. The van der Waals surface area contributed by atoms with E-state index in [1.165, 1.54) is 50.1 Å². The van der Waals surface area contributed by atoms with Crippen molar-refractivity contribution in [3.05, 3.63) is 249 Å². The molecule has 11 aromatic rings. The summed E-state index contributed by atoms with van der Waals surface area (Å²) in [7, 11) is 0. The highest BCUT2D eigenvalue weighted by molar-refractivity contribution is 6.09. The Kier molecular flexibility index (Phi) is 9.57. The van der Waals surface area contributed by atoms with Crippen molar-refractivity contribution in [1.82, 2.24) is 0 Å². The lowest BCUT2D eigenvalue weighted by atomic mass is 9.93. The topological polar surface area (TPSA) is 16.4 Å². The molecule has 0 amide bonds. The third-order valence-corrected chi connectivity index (χ3v) is 11.9. The van der Waals surface area contributed by atoms with Crippen LogP contribution in [0.4, 0.5) is 17.1 Å². The predicted molar refractivity (Wildman–Crippen MR) is 261 cm³/mol. The first-order valence-corrected chi connectivity index (χ1v) is 21.2. The fourth-order valence-corrected chi connectivity index (χ4v) is 8.69. The molecule has 2 heteroatoms. The maximum absolute atomic E-state index is 6.43. The molecule has 2 nitrogen and oxygen atoms in total. The molecule has 0 aliphatic heterocycles. The molecule has 0 saturated heterocycles. The Morgan fingerprint density at radius 1 is 0.242 bits per heavy atom. The van der Waals surface area contributed by atoms with Crippen LogP contribution >= 0.6 is 0 Å². The monoisotopic (exact) mass is 791 g/mol. The van der Waals surface area contributed by atoms with Crippen molar-refractivity contribution >= 4 is 39.0 Å². The summed E-state index contributed by atoms with van der Waals surface area (Å²) >= 11 is 0. The summed E-state index contributed by atoms with van der Waals surface area (Å²) in [5.41, 5.74) is 19.1. The molecular weight excluding hydrogens is 751 g/mol. The van der Waals surface area contributed by atoms with E-state index in [1.54, 1.807) is 0 Å². The molecule has 0 atom stereocenters. The smallest absolute Gasteiger partial charge is 0.143 e. The van der Waals surface area contributed by atoms with E-state index in [0.29, 0.717) is 0 Å². The molecule has 0 bridgehead atoms. The Hall–Kier alpha value is -8.20. The first kappa shape index (κ1) is 36.8. The van der Waals surface area contributed by atoms with Crippen LogP contribution in [0.2, 0.25) is 0 Å². The van der Waals surface area contributed by atoms with Crippen LogP contribution in [-0.2, 0) is 0 Å². The van der Waals surface area contributed by atoms with Gasteiger partial charge in [0, 0.05) is 33.4 Å². The summed E-state index contributed by atoms with van der Waals surface area (Å²) < 4.78 is 6.43. The van der Waals surface area contributed by atoms with E-state index in [4.69, 9.17) is 4.42 Å². The standard InChI is InChI=1S/C60H41NO/c1-4-13-42(14-5-1)45-23-25-46(26-24-45)47-27-33-53(34-28-47)61(55-37-31-49(32-38-55)56-20-12-21-58-57-19-10-11-22-59(57)62-60(56)58)54-35-29-48(30-36-54)52-40-50(43-15-6-2-7-16-43)39-51(41-52)44-17-8-3-9-18-44/h1-41H. The van der Waals surface area contributed by atoms with E-state index in [2.05, 4.69) is 241 Å². The molecule has 0 saturated carbocycles. The average molecular weight is 792 g/mol. The lowest BCUT2D eigenvalue weighted by Crippen LogP contribution is -2.09. The summed E-state index contributed by atoms with van der Waals surface area (Å²) in [6.07, 6.45) is 0. The molecule has 1 heterocycles. The SMILES string of the molecule is c1ccc(-c2ccc(-c3ccc(N(c4ccc(-c5cc(-c6ccccc6)cc(-c6ccccc6)c5)cc4)c4ccc(-c5cccc6c5oc5ccccc56)cc4)cc3)cc2)cc1. The highest BCUT2D eigenvalue weighted by Crippen LogP contribution is 2.41. The van der Waals surface area contributed by atoms with Gasteiger partial charge in [-0.3, -0.25) is 0 Å². The zero-order chi connectivity index (χ0) is 41.2.